The van der Waals surface area contributed by atoms with E-state index in [4.69, 9.17) is 16.3 Å². The van der Waals surface area contributed by atoms with E-state index in [0.717, 1.165) is 5.56 Å². The number of amides is 2. The third-order valence-electron chi connectivity index (χ3n) is 4.00. The van der Waals surface area contributed by atoms with Crippen LogP contribution in [0.4, 0.5) is 0 Å². The Kier molecular flexibility index (Phi) is 8.43. The molecule has 0 aliphatic heterocycles. The van der Waals surface area contributed by atoms with Gasteiger partial charge >= 0.3 is 11.8 Å². The molecule has 0 fully saturated rings. The molecule has 2 N–H and O–H groups in total. The Morgan fingerprint density at radius 3 is 2.55 bits per heavy atom. The summed E-state index contributed by atoms with van der Waals surface area (Å²) in [5.41, 5.74) is 4.87. The minimum atomic E-state index is -0.865. The van der Waals surface area contributed by atoms with Crippen LogP contribution in [-0.4, -0.2) is 24.6 Å². The molecule has 0 bridgehead atoms. The zero-order valence-electron chi connectivity index (χ0n) is 16.4. The molecular weight excluding hydrogens is 390 g/mol. The molecule has 0 saturated heterocycles. The number of rotatable bonds is 8. The first-order valence-corrected chi connectivity index (χ1v) is 9.51. The number of hydrogen-bond donors (Lipinski definition) is 2. The second kappa shape index (κ2) is 11.0. The van der Waals surface area contributed by atoms with Gasteiger partial charge in [-0.25, -0.2) is 5.43 Å². The van der Waals surface area contributed by atoms with Crippen LogP contribution in [0.3, 0.4) is 0 Å². The van der Waals surface area contributed by atoms with Gasteiger partial charge in [-0.3, -0.25) is 9.59 Å². The number of hydrogen-bond acceptors (Lipinski definition) is 4. The van der Waals surface area contributed by atoms with E-state index in [2.05, 4.69) is 36.3 Å². The predicted octanol–water partition coefficient (Wildman–Crippen LogP) is 3.79. The fourth-order valence-corrected chi connectivity index (χ4v) is 2.58. The van der Waals surface area contributed by atoms with Gasteiger partial charge in [-0.15, -0.1) is 0 Å². The number of carbonyl (C=O) groups excluding carboxylic acids is 2. The van der Waals surface area contributed by atoms with Crippen LogP contribution in [0.5, 0.6) is 5.75 Å². The molecule has 2 aromatic rings. The summed E-state index contributed by atoms with van der Waals surface area (Å²) in [5.74, 6) is -0.675. The Morgan fingerprint density at radius 2 is 1.90 bits per heavy atom. The van der Waals surface area contributed by atoms with E-state index >= 15 is 0 Å². The van der Waals surface area contributed by atoms with E-state index in [0.29, 0.717) is 28.9 Å². The van der Waals surface area contributed by atoms with Crippen LogP contribution in [-0.2, 0) is 16.1 Å². The van der Waals surface area contributed by atoms with Crippen molar-refractivity contribution in [1.82, 2.24) is 10.7 Å². The largest absolute Gasteiger partial charge is 0.489 e. The lowest BCUT2D eigenvalue weighted by Crippen LogP contribution is -2.37. The van der Waals surface area contributed by atoms with Gasteiger partial charge in [0.05, 0.1) is 6.21 Å². The molecule has 0 aliphatic rings. The van der Waals surface area contributed by atoms with Gasteiger partial charge < -0.3 is 10.1 Å². The number of hydrazone groups is 1. The van der Waals surface area contributed by atoms with Crippen LogP contribution in [0.1, 0.15) is 36.5 Å². The number of nitrogens with one attached hydrogen (secondary N) is 2. The highest BCUT2D eigenvalue weighted by Gasteiger charge is 2.12. The van der Waals surface area contributed by atoms with Crippen LogP contribution < -0.4 is 15.5 Å². The van der Waals surface area contributed by atoms with Crippen molar-refractivity contribution in [3.8, 4) is 5.75 Å². The summed E-state index contributed by atoms with van der Waals surface area (Å²) in [6.45, 7) is 8.38. The summed E-state index contributed by atoms with van der Waals surface area (Å²) in [4.78, 5) is 23.9. The zero-order chi connectivity index (χ0) is 21.2. The molecule has 0 unspecified atom stereocenters. The number of carbonyl (C=O) groups is 2. The van der Waals surface area contributed by atoms with Gasteiger partial charge in [0.25, 0.3) is 0 Å². The molecule has 0 aliphatic carbocycles. The van der Waals surface area contributed by atoms with Crippen LogP contribution >= 0.6 is 11.6 Å². The standard InChI is InChI=1S/C22H24ClN3O3/c1-4-11-29-20-10-9-19(23)12-18(20)14-25-26-22(28)21(27)24-13-16-5-7-17(8-6-16)15(2)3/h4-10,12,14-15H,1,11,13H2,2-3H3,(H,24,27)(H,26,28)/b25-14-. The predicted molar refractivity (Wildman–Crippen MR) is 115 cm³/mol. The van der Waals surface area contributed by atoms with Gasteiger partial charge in [0, 0.05) is 17.1 Å². The van der Waals surface area contributed by atoms with Gasteiger partial charge in [-0.2, -0.15) is 5.10 Å². The Bertz CT molecular complexity index is 893. The second-order valence-electron chi connectivity index (χ2n) is 6.56. The molecule has 0 heterocycles. The van der Waals surface area contributed by atoms with Crippen LogP contribution in [0.2, 0.25) is 5.02 Å². The molecular formula is C22H24ClN3O3. The van der Waals surface area contributed by atoms with Crippen molar-refractivity contribution in [2.24, 2.45) is 5.10 Å². The SMILES string of the molecule is C=CCOc1ccc(Cl)cc1/C=N\NC(=O)C(=O)NCc1ccc(C(C)C)cc1. The van der Waals surface area contributed by atoms with Gasteiger partial charge in [0.15, 0.2) is 0 Å². The van der Waals surface area contributed by atoms with Crippen molar-refractivity contribution in [3.63, 3.8) is 0 Å². The lowest BCUT2D eigenvalue weighted by atomic mass is 10.0. The fourth-order valence-electron chi connectivity index (χ4n) is 2.39. The Labute approximate surface area is 175 Å². The normalized spacial score (nSPS) is 10.8. The van der Waals surface area contributed by atoms with Crippen molar-refractivity contribution in [3.05, 3.63) is 76.8 Å². The van der Waals surface area contributed by atoms with Gasteiger partial charge in [-0.05, 0) is 35.2 Å². The van der Waals surface area contributed by atoms with Crippen LogP contribution in [0.15, 0.2) is 60.2 Å². The summed E-state index contributed by atoms with van der Waals surface area (Å²) >= 11 is 5.98. The van der Waals surface area contributed by atoms with Gasteiger partial charge in [0.1, 0.15) is 12.4 Å². The van der Waals surface area contributed by atoms with Crippen molar-refractivity contribution < 1.29 is 14.3 Å². The van der Waals surface area contributed by atoms with E-state index < -0.39 is 11.8 Å². The average Bonchev–Trinajstić information content (AvgIpc) is 2.71. The molecule has 0 radical (unpaired) electrons. The van der Waals surface area contributed by atoms with E-state index in [-0.39, 0.29) is 6.54 Å². The molecule has 2 amide bonds. The number of ether oxygens (including phenoxy) is 1. The van der Waals surface area contributed by atoms with Gasteiger partial charge in [0.2, 0.25) is 0 Å². The van der Waals surface area contributed by atoms with Crippen molar-refractivity contribution in [2.45, 2.75) is 26.3 Å². The molecule has 152 valence electrons. The third kappa shape index (κ3) is 7.08. The molecule has 2 rings (SSSR count). The minimum absolute atomic E-state index is 0.252. The number of nitrogens with zero attached hydrogens (tertiary/aromatic N) is 1. The highest BCUT2D eigenvalue weighted by Crippen LogP contribution is 2.21. The van der Waals surface area contributed by atoms with Crippen molar-refractivity contribution in [1.29, 1.82) is 0 Å². The lowest BCUT2D eigenvalue weighted by Gasteiger charge is -2.08. The maximum Gasteiger partial charge on any atom is 0.329 e. The minimum Gasteiger partial charge on any atom is -0.489 e. The summed E-state index contributed by atoms with van der Waals surface area (Å²) in [5, 5.41) is 6.86. The topological polar surface area (TPSA) is 79.8 Å². The smallest absolute Gasteiger partial charge is 0.329 e. The molecule has 7 heteroatoms. The first-order valence-electron chi connectivity index (χ1n) is 9.14. The number of benzene rings is 2. The average molecular weight is 414 g/mol. The maximum atomic E-state index is 11.9. The summed E-state index contributed by atoms with van der Waals surface area (Å²) in [6, 6.07) is 12.9. The summed E-state index contributed by atoms with van der Waals surface area (Å²) < 4.78 is 5.50. The highest BCUT2D eigenvalue weighted by atomic mass is 35.5. The molecule has 2 aromatic carbocycles. The number of halogens is 1. The fraction of sp³-hybridized carbons (Fsp3) is 0.227. The van der Waals surface area contributed by atoms with E-state index in [1.165, 1.54) is 11.8 Å². The summed E-state index contributed by atoms with van der Waals surface area (Å²) in [7, 11) is 0. The third-order valence-corrected chi connectivity index (χ3v) is 4.24. The highest BCUT2D eigenvalue weighted by molar-refractivity contribution is 6.35. The Balaban J connectivity index is 1.89. The first-order chi connectivity index (χ1) is 13.9. The quantitative estimate of drug-likeness (QED) is 0.299. The van der Waals surface area contributed by atoms with Crippen LogP contribution in [0.25, 0.3) is 0 Å². The lowest BCUT2D eigenvalue weighted by molar-refractivity contribution is -0.139. The Morgan fingerprint density at radius 1 is 1.17 bits per heavy atom. The summed E-state index contributed by atoms with van der Waals surface area (Å²) in [6.07, 6.45) is 2.97. The second-order valence-corrected chi connectivity index (χ2v) is 7.00. The monoisotopic (exact) mass is 413 g/mol. The van der Waals surface area contributed by atoms with Crippen LogP contribution in [0, 0.1) is 0 Å². The van der Waals surface area contributed by atoms with Gasteiger partial charge in [-0.1, -0.05) is 62.4 Å². The first kappa shape index (κ1) is 22.2. The van der Waals surface area contributed by atoms with E-state index in [1.54, 1.807) is 24.3 Å². The van der Waals surface area contributed by atoms with E-state index in [9.17, 15) is 9.59 Å². The van der Waals surface area contributed by atoms with E-state index in [1.807, 2.05) is 24.3 Å². The molecule has 0 atom stereocenters. The Hall–Kier alpha value is -3.12. The van der Waals surface area contributed by atoms with Crippen molar-refractivity contribution >= 4 is 29.6 Å². The molecule has 0 spiro atoms. The zero-order valence-corrected chi connectivity index (χ0v) is 17.2. The maximum absolute atomic E-state index is 11.9. The molecule has 6 nitrogen and oxygen atoms in total. The molecule has 0 aromatic heterocycles. The van der Waals surface area contributed by atoms with Crippen molar-refractivity contribution in [2.75, 3.05) is 6.61 Å². The molecule has 29 heavy (non-hydrogen) atoms. The molecule has 0 saturated carbocycles.